The molecule has 1 aromatic carbocycles. The maximum absolute atomic E-state index is 10.7. The van der Waals surface area contributed by atoms with E-state index in [1.165, 1.54) is 17.8 Å². The third-order valence-electron chi connectivity index (χ3n) is 2.67. The number of aromatic carboxylic acids is 1. The lowest BCUT2D eigenvalue weighted by Crippen LogP contribution is -2.07. The van der Waals surface area contributed by atoms with E-state index in [4.69, 9.17) is 5.11 Å². The maximum atomic E-state index is 10.7. The van der Waals surface area contributed by atoms with Gasteiger partial charge in [0.15, 0.2) is 0 Å². The fourth-order valence-corrected chi connectivity index (χ4v) is 1.68. The zero-order chi connectivity index (χ0) is 13.0. The van der Waals surface area contributed by atoms with Crippen molar-refractivity contribution in [1.29, 1.82) is 0 Å². The summed E-state index contributed by atoms with van der Waals surface area (Å²) in [5.41, 5.74) is 2.02. The van der Waals surface area contributed by atoms with Crippen molar-refractivity contribution in [1.82, 2.24) is 4.98 Å². The van der Waals surface area contributed by atoms with E-state index in [1.54, 1.807) is 6.07 Å². The summed E-state index contributed by atoms with van der Waals surface area (Å²) >= 11 is 0. The second kappa shape index (κ2) is 5.31. The number of benzene rings is 1. The minimum atomic E-state index is -1.02. The Balaban J connectivity index is 2.08. The summed E-state index contributed by atoms with van der Waals surface area (Å²) in [7, 11) is 0. The SMILES string of the molecule is C[C@H](Nc1ccc(C(=O)O)nc1)c1ccccc1. The van der Waals surface area contributed by atoms with Gasteiger partial charge in [-0.3, -0.25) is 0 Å². The quantitative estimate of drug-likeness (QED) is 0.865. The monoisotopic (exact) mass is 242 g/mol. The summed E-state index contributed by atoms with van der Waals surface area (Å²) in [6.07, 6.45) is 1.53. The van der Waals surface area contributed by atoms with Crippen LogP contribution in [0.2, 0.25) is 0 Å². The highest BCUT2D eigenvalue weighted by Gasteiger charge is 2.06. The van der Waals surface area contributed by atoms with Crippen LogP contribution in [0.15, 0.2) is 48.7 Å². The van der Waals surface area contributed by atoms with Gasteiger partial charge >= 0.3 is 5.97 Å². The van der Waals surface area contributed by atoms with Crippen molar-refractivity contribution in [2.75, 3.05) is 5.32 Å². The molecule has 1 aromatic heterocycles. The van der Waals surface area contributed by atoms with Crippen LogP contribution >= 0.6 is 0 Å². The lowest BCUT2D eigenvalue weighted by Gasteiger charge is -2.15. The first-order valence-electron chi connectivity index (χ1n) is 5.67. The van der Waals surface area contributed by atoms with Crippen molar-refractivity contribution >= 4 is 11.7 Å². The molecule has 0 bridgehead atoms. The minimum Gasteiger partial charge on any atom is -0.477 e. The van der Waals surface area contributed by atoms with E-state index in [0.29, 0.717) is 0 Å². The number of anilines is 1. The number of nitrogens with zero attached hydrogens (tertiary/aromatic N) is 1. The van der Waals surface area contributed by atoms with E-state index in [1.807, 2.05) is 37.3 Å². The van der Waals surface area contributed by atoms with Crippen LogP contribution in [-0.2, 0) is 0 Å². The average Bonchev–Trinajstić information content (AvgIpc) is 2.40. The molecule has 0 radical (unpaired) electrons. The number of pyridine rings is 1. The van der Waals surface area contributed by atoms with Crippen molar-refractivity contribution in [2.45, 2.75) is 13.0 Å². The van der Waals surface area contributed by atoms with Crippen LogP contribution in [0.1, 0.15) is 29.0 Å². The van der Waals surface area contributed by atoms with Crippen molar-refractivity contribution in [3.63, 3.8) is 0 Å². The molecule has 0 saturated carbocycles. The molecular weight excluding hydrogens is 228 g/mol. The van der Waals surface area contributed by atoms with Crippen LogP contribution in [0.3, 0.4) is 0 Å². The Kier molecular flexibility index (Phi) is 3.57. The van der Waals surface area contributed by atoms with E-state index in [-0.39, 0.29) is 11.7 Å². The molecule has 2 rings (SSSR count). The van der Waals surface area contributed by atoms with Crippen molar-refractivity contribution < 1.29 is 9.90 Å². The standard InChI is InChI=1S/C14H14N2O2/c1-10(11-5-3-2-4-6-11)16-12-7-8-13(14(17)18)15-9-12/h2-10,16H,1H3,(H,17,18)/t10-/m0/s1. The lowest BCUT2D eigenvalue weighted by atomic mass is 10.1. The van der Waals surface area contributed by atoms with Crippen LogP contribution in [0.25, 0.3) is 0 Å². The molecule has 0 fully saturated rings. The molecule has 4 nitrogen and oxygen atoms in total. The van der Waals surface area contributed by atoms with Gasteiger partial charge in [-0.15, -0.1) is 0 Å². The number of carboxylic acids is 1. The molecule has 0 spiro atoms. The van der Waals surface area contributed by atoms with Crippen LogP contribution in [-0.4, -0.2) is 16.1 Å². The van der Waals surface area contributed by atoms with Gasteiger partial charge in [-0.2, -0.15) is 0 Å². The summed E-state index contributed by atoms with van der Waals surface area (Å²) in [5.74, 6) is -1.02. The molecule has 1 heterocycles. The van der Waals surface area contributed by atoms with E-state index in [9.17, 15) is 4.79 Å². The Morgan fingerprint density at radius 3 is 2.50 bits per heavy atom. The minimum absolute atomic E-state index is 0.0490. The molecule has 0 amide bonds. The van der Waals surface area contributed by atoms with Gasteiger partial charge in [-0.05, 0) is 24.6 Å². The van der Waals surface area contributed by atoms with Gasteiger partial charge in [0, 0.05) is 6.04 Å². The summed E-state index contributed by atoms with van der Waals surface area (Å²) in [6.45, 7) is 2.04. The summed E-state index contributed by atoms with van der Waals surface area (Å²) in [4.78, 5) is 14.5. The number of nitrogens with one attached hydrogen (secondary N) is 1. The third-order valence-corrected chi connectivity index (χ3v) is 2.67. The van der Waals surface area contributed by atoms with E-state index >= 15 is 0 Å². The fourth-order valence-electron chi connectivity index (χ4n) is 1.68. The first-order valence-corrected chi connectivity index (χ1v) is 5.67. The van der Waals surface area contributed by atoms with E-state index in [0.717, 1.165) is 5.69 Å². The molecule has 1 atom stereocenters. The van der Waals surface area contributed by atoms with Gasteiger partial charge in [-0.25, -0.2) is 9.78 Å². The summed E-state index contributed by atoms with van der Waals surface area (Å²) in [5, 5.41) is 12.0. The second-order valence-electron chi connectivity index (χ2n) is 4.01. The molecular formula is C14H14N2O2. The molecule has 0 aliphatic heterocycles. The van der Waals surface area contributed by atoms with E-state index in [2.05, 4.69) is 10.3 Å². The Bertz CT molecular complexity index is 523. The Morgan fingerprint density at radius 2 is 1.94 bits per heavy atom. The summed E-state index contributed by atoms with van der Waals surface area (Å²) < 4.78 is 0. The maximum Gasteiger partial charge on any atom is 0.354 e. The average molecular weight is 242 g/mol. The smallest absolute Gasteiger partial charge is 0.354 e. The van der Waals surface area contributed by atoms with Crippen LogP contribution in [0, 0.1) is 0 Å². The molecule has 2 aromatic rings. The first-order chi connectivity index (χ1) is 8.66. The van der Waals surface area contributed by atoms with Crippen molar-refractivity contribution in [3.8, 4) is 0 Å². The van der Waals surface area contributed by atoms with Gasteiger partial charge < -0.3 is 10.4 Å². The zero-order valence-corrected chi connectivity index (χ0v) is 10.00. The number of rotatable bonds is 4. The molecule has 0 saturated heterocycles. The molecule has 0 aliphatic carbocycles. The van der Waals surface area contributed by atoms with Crippen LogP contribution in [0.4, 0.5) is 5.69 Å². The highest BCUT2D eigenvalue weighted by Crippen LogP contribution is 2.18. The number of aromatic nitrogens is 1. The van der Waals surface area contributed by atoms with Crippen LogP contribution < -0.4 is 5.32 Å². The van der Waals surface area contributed by atoms with Gasteiger partial charge in [0.05, 0.1) is 11.9 Å². The van der Waals surface area contributed by atoms with Gasteiger partial charge in [0.1, 0.15) is 5.69 Å². The molecule has 2 N–H and O–H groups in total. The zero-order valence-electron chi connectivity index (χ0n) is 10.00. The Hall–Kier alpha value is -2.36. The lowest BCUT2D eigenvalue weighted by molar-refractivity contribution is 0.0690. The van der Waals surface area contributed by atoms with Crippen molar-refractivity contribution in [2.24, 2.45) is 0 Å². The molecule has 92 valence electrons. The predicted octanol–water partition coefficient (Wildman–Crippen LogP) is 2.95. The van der Waals surface area contributed by atoms with Gasteiger partial charge in [0.2, 0.25) is 0 Å². The predicted molar refractivity (Wildman–Crippen MR) is 69.7 cm³/mol. The Labute approximate surface area is 105 Å². The highest BCUT2D eigenvalue weighted by atomic mass is 16.4. The fraction of sp³-hybridized carbons (Fsp3) is 0.143. The number of hydrogen-bond acceptors (Lipinski definition) is 3. The second-order valence-corrected chi connectivity index (χ2v) is 4.01. The third kappa shape index (κ3) is 2.85. The van der Waals surface area contributed by atoms with Crippen LogP contribution in [0.5, 0.6) is 0 Å². The normalized spacial score (nSPS) is 11.8. The number of hydrogen-bond donors (Lipinski definition) is 2. The van der Waals surface area contributed by atoms with Gasteiger partial charge in [0.25, 0.3) is 0 Å². The van der Waals surface area contributed by atoms with E-state index < -0.39 is 5.97 Å². The number of carbonyl (C=O) groups is 1. The molecule has 0 aliphatic rings. The largest absolute Gasteiger partial charge is 0.477 e. The Morgan fingerprint density at radius 1 is 1.22 bits per heavy atom. The molecule has 0 unspecified atom stereocenters. The van der Waals surface area contributed by atoms with Crippen molar-refractivity contribution in [3.05, 3.63) is 59.9 Å². The van der Waals surface area contributed by atoms with Gasteiger partial charge in [-0.1, -0.05) is 30.3 Å². The molecule has 4 heteroatoms. The topological polar surface area (TPSA) is 62.2 Å². The number of carboxylic acid groups (broad SMARTS) is 1. The molecule has 18 heavy (non-hydrogen) atoms. The first kappa shape index (κ1) is 12.1. The summed E-state index contributed by atoms with van der Waals surface area (Å²) in [6, 6.07) is 13.4. The highest BCUT2D eigenvalue weighted by molar-refractivity contribution is 5.85.